The van der Waals surface area contributed by atoms with Gasteiger partial charge < -0.3 is 15.8 Å². The van der Waals surface area contributed by atoms with Crippen molar-refractivity contribution in [1.82, 2.24) is 4.98 Å². The Morgan fingerprint density at radius 1 is 1.29 bits per heavy atom. The second-order valence-electron chi connectivity index (χ2n) is 5.16. The van der Waals surface area contributed by atoms with Crippen LogP contribution in [0.5, 0.6) is 5.75 Å². The lowest BCUT2D eigenvalue weighted by Gasteiger charge is -2.14. The fourth-order valence-corrected chi connectivity index (χ4v) is 3.39. The fraction of sp³-hybridized carbons (Fsp3) is 0.188. The quantitative estimate of drug-likeness (QED) is 0.728. The van der Waals surface area contributed by atoms with Gasteiger partial charge in [0, 0.05) is 6.42 Å². The number of ether oxygens (including phenoxy) is 1. The average molecular weight is 297 g/mol. The standard InChI is InChI=1S/C16H15N3OS/c17-15-12(5-6-14-16(15)19-9-21-14)18-8-11-7-10-3-1-2-4-13(10)20-11/h1-6,9,11,18H,7-8,17H2. The summed E-state index contributed by atoms with van der Waals surface area (Å²) >= 11 is 1.60. The Hall–Kier alpha value is -2.27. The lowest BCUT2D eigenvalue weighted by Crippen LogP contribution is -2.24. The van der Waals surface area contributed by atoms with Crippen LogP contribution in [-0.2, 0) is 6.42 Å². The summed E-state index contributed by atoms with van der Waals surface area (Å²) in [4.78, 5) is 4.31. The lowest BCUT2D eigenvalue weighted by molar-refractivity contribution is 0.246. The smallest absolute Gasteiger partial charge is 0.123 e. The van der Waals surface area contributed by atoms with Crippen LogP contribution < -0.4 is 15.8 Å². The predicted molar refractivity (Wildman–Crippen MR) is 87.1 cm³/mol. The number of hydrogen-bond donors (Lipinski definition) is 2. The van der Waals surface area contributed by atoms with Gasteiger partial charge in [-0.3, -0.25) is 0 Å². The number of nitrogens with two attached hydrogens (primary N) is 1. The summed E-state index contributed by atoms with van der Waals surface area (Å²) in [6, 6.07) is 12.2. The molecule has 0 spiro atoms. The number of rotatable bonds is 3. The molecule has 3 N–H and O–H groups in total. The van der Waals surface area contributed by atoms with Gasteiger partial charge in [-0.15, -0.1) is 11.3 Å². The molecule has 1 aliphatic heterocycles. The minimum atomic E-state index is 0.146. The van der Waals surface area contributed by atoms with E-state index in [4.69, 9.17) is 10.5 Å². The fourth-order valence-electron chi connectivity index (χ4n) is 2.70. The first-order valence-electron chi connectivity index (χ1n) is 6.91. The van der Waals surface area contributed by atoms with Gasteiger partial charge in [0.25, 0.3) is 0 Å². The Kier molecular flexibility index (Phi) is 2.93. The van der Waals surface area contributed by atoms with Crippen LogP contribution in [0.3, 0.4) is 0 Å². The Morgan fingerprint density at radius 2 is 2.19 bits per heavy atom. The van der Waals surface area contributed by atoms with Crippen molar-refractivity contribution in [3.05, 3.63) is 47.5 Å². The molecular formula is C16H15N3OS. The number of aromatic nitrogens is 1. The number of benzene rings is 2. The molecule has 4 nitrogen and oxygen atoms in total. The van der Waals surface area contributed by atoms with Crippen molar-refractivity contribution in [2.45, 2.75) is 12.5 Å². The third kappa shape index (κ3) is 2.19. The molecule has 0 aliphatic carbocycles. The number of nitrogen functional groups attached to an aromatic ring is 1. The van der Waals surface area contributed by atoms with Gasteiger partial charge in [0.2, 0.25) is 0 Å². The minimum Gasteiger partial charge on any atom is -0.488 e. The molecule has 0 saturated carbocycles. The Labute approximate surface area is 126 Å². The zero-order chi connectivity index (χ0) is 14.2. The van der Waals surface area contributed by atoms with E-state index in [-0.39, 0.29) is 6.10 Å². The highest BCUT2D eigenvalue weighted by molar-refractivity contribution is 7.16. The summed E-state index contributed by atoms with van der Waals surface area (Å²) in [5.41, 5.74) is 11.8. The van der Waals surface area contributed by atoms with E-state index < -0.39 is 0 Å². The van der Waals surface area contributed by atoms with Crippen LogP contribution in [0.15, 0.2) is 41.9 Å². The maximum Gasteiger partial charge on any atom is 0.123 e. The van der Waals surface area contributed by atoms with E-state index in [1.54, 1.807) is 11.3 Å². The van der Waals surface area contributed by atoms with Crippen molar-refractivity contribution < 1.29 is 4.74 Å². The van der Waals surface area contributed by atoms with Gasteiger partial charge in [0.1, 0.15) is 17.4 Å². The number of hydrogen-bond acceptors (Lipinski definition) is 5. The van der Waals surface area contributed by atoms with Gasteiger partial charge in [-0.1, -0.05) is 18.2 Å². The molecule has 0 saturated heterocycles. The van der Waals surface area contributed by atoms with Crippen molar-refractivity contribution in [2.24, 2.45) is 0 Å². The highest BCUT2D eigenvalue weighted by atomic mass is 32.1. The first kappa shape index (κ1) is 12.5. The minimum absolute atomic E-state index is 0.146. The maximum atomic E-state index is 6.17. The predicted octanol–water partition coefficient (Wildman–Crippen LogP) is 3.29. The third-order valence-corrected chi connectivity index (χ3v) is 4.57. The van der Waals surface area contributed by atoms with E-state index in [0.29, 0.717) is 5.69 Å². The number of anilines is 2. The van der Waals surface area contributed by atoms with Crippen molar-refractivity contribution in [1.29, 1.82) is 0 Å². The van der Waals surface area contributed by atoms with Crippen LogP contribution in [-0.4, -0.2) is 17.6 Å². The van der Waals surface area contributed by atoms with Crippen molar-refractivity contribution in [3.8, 4) is 5.75 Å². The number of nitrogens with one attached hydrogen (secondary N) is 1. The van der Waals surface area contributed by atoms with Gasteiger partial charge in [-0.05, 0) is 23.8 Å². The van der Waals surface area contributed by atoms with E-state index in [2.05, 4.69) is 22.4 Å². The molecule has 5 heteroatoms. The van der Waals surface area contributed by atoms with E-state index in [1.165, 1.54) is 5.56 Å². The van der Waals surface area contributed by atoms with E-state index in [9.17, 15) is 0 Å². The van der Waals surface area contributed by atoms with Crippen molar-refractivity contribution in [3.63, 3.8) is 0 Å². The van der Waals surface area contributed by atoms with E-state index in [1.807, 2.05) is 29.8 Å². The van der Waals surface area contributed by atoms with Gasteiger partial charge >= 0.3 is 0 Å². The molecule has 2 aromatic carbocycles. The molecule has 0 amide bonds. The van der Waals surface area contributed by atoms with Gasteiger partial charge in [-0.25, -0.2) is 4.98 Å². The lowest BCUT2D eigenvalue weighted by atomic mass is 10.1. The van der Waals surface area contributed by atoms with Crippen LogP contribution in [0.1, 0.15) is 5.56 Å². The Bertz CT molecular complexity index is 774. The summed E-state index contributed by atoms with van der Waals surface area (Å²) in [6.45, 7) is 0.731. The van der Waals surface area contributed by atoms with Crippen LogP contribution in [0.4, 0.5) is 11.4 Å². The molecule has 2 heterocycles. The topological polar surface area (TPSA) is 60.2 Å². The number of thiazole rings is 1. The highest BCUT2D eigenvalue weighted by Crippen LogP contribution is 2.31. The van der Waals surface area contributed by atoms with Gasteiger partial charge in [0.15, 0.2) is 0 Å². The normalized spacial score (nSPS) is 16.7. The number of para-hydroxylation sites is 1. The second-order valence-corrected chi connectivity index (χ2v) is 6.04. The molecule has 1 atom stereocenters. The molecule has 0 fully saturated rings. The second kappa shape index (κ2) is 4.93. The van der Waals surface area contributed by atoms with Crippen LogP contribution in [0.25, 0.3) is 10.2 Å². The summed E-state index contributed by atoms with van der Waals surface area (Å²) in [7, 11) is 0. The molecule has 21 heavy (non-hydrogen) atoms. The molecule has 106 valence electrons. The maximum absolute atomic E-state index is 6.17. The Morgan fingerprint density at radius 3 is 3.10 bits per heavy atom. The van der Waals surface area contributed by atoms with Crippen molar-refractivity contribution >= 4 is 32.9 Å². The third-order valence-electron chi connectivity index (χ3n) is 3.78. The summed E-state index contributed by atoms with van der Waals surface area (Å²) in [6.07, 6.45) is 1.08. The van der Waals surface area contributed by atoms with Gasteiger partial charge in [0.05, 0.1) is 28.1 Å². The van der Waals surface area contributed by atoms with Crippen LogP contribution >= 0.6 is 11.3 Å². The number of fused-ring (bicyclic) bond motifs is 2. The highest BCUT2D eigenvalue weighted by Gasteiger charge is 2.22. The molecule has 0 radical (unpaired) electrons. The summed E-state index contributed by atoms with van der Waals surface area (Å²) < 4.78 is 7.04. The zero-order valence-corrected chi connectivity index (χ0v) is 12.2. The molecule has 1 unspecified atom stereocenters. The molecule has 1 aromatic heterocycles. The van der Waals surface area contributed by atoms with Crippen LogP contribution in [0.2, 0.25) is 0 Å². The largest absolute Gasteiger partial charge is 0.488 e. The van der Waals surface area contributed by atoms with Crippen LogP contribution in [0, 0.1) is 0 Å². The first-order valence-corrected chi connectivity index (χ1v) is 7.79. The number of nitrogens with zero attached hydrogens (tertiary/aromatic N) is 1. The van der Waals surface area contributed by atoms with E-state index in [0.717, 1.165) is 34.6 Å². The SMILES string of the molecule is Nc1c(NCC2Cc3ccccc3O2)ccc2scnc12. The molecule has 0 bridgehead atoms. The molecule has 1 aliphatic rings. The molecular weight excluding hydrogens is 282 g/mol. The zero-order valence-electron chi connectivity index (χ0n) is 11.4. The van der Waals surface area contributed by atoms with E-state index >= 15 is 0 Å². The first-order chi connectivity index (χ1) is 10.3. The van der Waals surface area contributed by atoms with Crippen molar-refractivity contribution in [2.75, 3.05) is 17.6 Å². The Balaban J connectivity index is 1.48. The molecule has 3 aromatic rings. The summed E-state index contributed by atoms with van der Waals surface area (Å²) in [5, 5.41) is 3.39. The average Bonchev–Trinajstić information content (AvgIpc) is 3.12. The summed E-state index contributed by atoms with van der Waals surface area (Å²) in [5.74, 6) is 0.993. The van der Waals surface area contributed by atoms with Gasteiger partial charge in [-0.2, -0.15) is 0 Å². The molecule has 4 rings (SSSR count). The monoisotopic (exact) mass is 297 g/mol.